The summed E-state index contributed by atoms with van der Waals surface area (Å²) in [4.78, 5) is 0. The van der Waals surface area contributed by atoms with Crippen LogP contribution >= 0.6 is 0 Å². The molecule has 0 saturated carbocycles. The Hall–Kier alpha value is -0.830. The summed E-state index contributed by atoms with van der Waals surface area (Å²) < 4.78 is 2.06. The summed E-state index contributed by atoms with van der Waals surface area (Å²) in [6.07, 6.45) is 0. The van der Waals surface area contributed by atoms with Crippen molar-refractivity contribution in [3.63, 3.8) is 0 Å². The SMILES string of the molecule is CNC(C)c1cc(C)n(C(C)C)n1. The first-order chi connectivity index (χ1) is 6.06. The summed E-state index contributed by atoms with van der Waals surface area (Å²) in [5.41, 5.74) is 2.35. The van der Waals surface area contributed by atoms with Crippen LogP contribution in [-0.2, 0) is 0 Å². The molecule has 0 saturated heterocycles. The van der Waals surface area contributed by atoms with E-state index in [1.807, 2.05) is 7.05 Å². The Kier molecular flexibility index (Phi) is 3.09. The molecule has 74 valence electrons. The van der Waals surface area contributed by atoms with E-state index in [2.05, 4.69) is 48.9 Å². The number of rotatable bonds is 3. The Morgan fingerprint density at radius 2 is 2.00 bits per heavy atom. The van der Waals surface area contributed by atoms with E-state index in [-0.39, 0.29) is 0 Å². The van der Waals surface area contributed by atoms with E-state index >= 15 is 0 Å². The zero-order valence-electron chi connectivity index (χ0n) is 9.13. The maximum atomic E-state index is 4.53. The van der Waals surface area contributed by atoms with Gasteiger partial charge in [0.2, 0.25) is 0 Å². The molecule has 0 aromatic carbocycles. The van der Waals surface area contributed by atoms with Crippen molar-refractivity contribution in [2.75, 3.05) is 7.05 Å². The third-order valence-electron chi connectivity index (χ3n) is 2.31. The molecule has 1 unspecified atom stereocenters. The van der Waals surface area contributed by atoms with Crippen LogP contribution in [0.5, 0.6) is 0 Å². The lowest BCUT2D eigenvalue weighted by molar-refractivity contribution is 0.502. The first-order valence-electron chi connectivity index (χ1n) is 4.79. The minimum atomic E-state index is 0.332. The van der Waals surface area contributed by atoms with E-state index < -0.39 is 0 Å². The molecule has 0 aliphatic rings. The van der Waals surface area contributed by atoms with Crippen LogP contribution in [0.15, 0.2) is 6.07 Å². The highest BCUT2D eigenvalue weighted by Gasteiger charge is 2.10. The van der Waals surface area contributed by atoms with Crippen molar-refractivity contribution in [3.05, 3.63) is 17.5 Å². The molecule has 3 heteroatoms. The first-order valence-corrected chi connectivity index (χ1v) is 4.79. The van der Waals surface area contributed by atoms with Crippen LogP contribution in [0, 0.1) is 6.92 Å². The van der Waals surface area contributed by atoms with Crippen LogP contribution in [-0.4, -0.2) is 16.8 Å². The average Bonchev–Trinajstić information content (AvgIpc) is 2.46. The van der Waals surface area contributed by atoms with Crippen molar-refractivity contribution in [3.8, 4) is 0 Å². The lowest BCUT2D eigenvalue weighted by Gasteiger charge is -2.08. The lowest BCUT2D eigenvalue weighted by atomic mass is 10.2. The van der Waals surface area contributed by atoms with Gasteiger partial charge < -0.3 is 5.32 Å². The van der Waals surface area contributed by atoms with Crippen molar-refractivity contribution >= 4 is 0 Å². The molecule has 1 aromatic heterocycles. The van der Waals surface area contributed by atoms with Gasteiger partial charge in [0.05, 0.1) is 5.69 Å². The number of aryl methyl sites for hydroxylation is 1. The van der Waals surface area contributed by atoms with Crippen LogP contribution in [0.3, 0.4) is 0 Å². The Morgan fingerprint density at radius 1 is 1.38 bits per heavy atom. The molecule has 0 fully saturated rings. The second kappa shape index (κ2) is 3.92. The molecule has 0 aliphatic carbocycles. The molecule has 0 aliphatic heterocycles. The molecule has 0 radical (unpaired) electrons. The fraction of sp³-hybridized carbons (Fsp3) is 0.700. The molecular formula is C10H19N3. The summed E-state index contributed by atoms with van der Waals surface area (Å²) in [7, 11) is 1.95. The topological polar surface area (TPSA) is 29.9 Å². The van der Waals surface area contributed by atoms with Crippen molar-refractivity contribution in [2.24, 2.45) is 0 Å². The Balaban J connectivity index is 2.95. The van der Waals surface area contributed by atoms with Crippen LogP contribution < -0.4 is 5.32 Å². The van der Waals surface area contributed by atoms with Gasteiger partial charge in [-0.2, -0.15) is 5.10 Å². The second-order valence-electron chi connectivity index (χ2n) is 3.76. The van der Waals surface area contributed by atoms with Crippen molar-refractivity contribution in [1.29, 1.82) is 0 Å². The zero-order valence-corrected chi connectivity index (χ0v) is 9.13. The Bertz CT molecular complexity index is 276. The number of nitrogens with one attached hydrogen (secondary N) is 1. The summed E-state index contributed by atoms with van der Waals surface area (Å²) in [5, 5.41) is 7.72. The minimum absolute atomic E-state index is 0.332. The fourth-order valence-electron chi connectivity index (χ4n) is 1.39. The lowest BCUT2D eigenvalue weighted by Crippen LogP contribution is -2.13. The fourth-order valence-corrected chi connectivity index (χ4v) is 1.39. The highest BCUT2D eigenvalue weighted by atomic mass is 15.3. The number of hydrogen-bond acceptors (Lipinski definition) is 2. The molecule has 3 nitrogen and oxygen atoms in total. The molecule has 1 atom stereocenters. The van der Waals surface area contributed by atoms with E-state index in [0.717, 1.165) is 5.69 Å². The first kappa shape index (κ1) is 10.3. The molecule has 1 rings (SSSR count). The second-order valence-corrected chi connectivity index (χ2v) is 3.76. The summed E-state index contributed by atoms with van der Waals surface area (Å²) in [5.74, 6) is 0. The van der Waals surface area contributed by atoms with Crippen LogP contribution in [0.4, 0.5) is 0 Å². The van der Waals surface area contributed by atoms with Crippen LogP contribution in [0.1, 0.15) is 44.2 Å². The maximum absolute atomic E-state index is 4.53. The third-order valence-corrected chi connectivity index (χ3v) is 2.31. The van der Waals surface area contributed by atoms with Crippen LogP contribution in [0.25, 0.3) is 0 Å². The van der Waals surface area contributed by atoms with Gasteiger partial charge in [-0.25, -0.2) is 0 Å². The van der Waals surface area contributed by atoms with E-state index in [9.17, 15) is 0 Å². The molecule has 1 N–H and O–H groups in total. The van der Waals surface area contributed by atoms with Crippen molar-refractivity contribution < 1.29 is 0 Å². The predicted molar refractivity (Wildman–Crippen MR) is 54.8 cm³/mol. The summed E-state index contributed by atoms with van der Waals surface area (Å²) in [6.45, 7) is 8.51. The number of nitrogens with zero attached hydrogens (tertiary/aromatic N) is 2. The Labute approximate surface area is 80.1 Å². The predicted octanol–water partition coefficient (Wildman–Crippen LogP) is 2.05. The molecule has 0 amide bonds. The largest absolute Gasteiger partial charge is 0.312 e. The maximum Gasteiger partial charge on any atom is 0.0793 e. The average molecular weight is 181 g/mol. The number of aromatic nitrogens is 2. The van der Waals surface area contributed by atoms with Gasteiger partial charge in [-0.3, -0.25) is 4.68 Å². The molecule has 13 heavy (non-hydrogen) atoms. The van der Waals surface area contributed by atoms with E-state index in [1.165, 1.54) is 5.69 Å². The summed E-state index contributed by atoms with van der Waals surface area (Å²) >= 11 is 0. The molecule has 0 bridgehead atoms. The van der Waals surface area contributed by atoms with Gasteiger partial charge in [0.25, 0.3) is 0 Å². The Morgan fingerprint density at radius 3 is 2.38 bits per heavy atom. The zero-order chi connectivity index (χ0) is 10.0. The normalized spacial score (nSPS) is 13.7. The number of hydrogen-bond donors (Lipinski definition) is 1. The molecule has 1 aromatic rings. The highest BCUT2D eigenvalue weighted by molar-refractivity contribution is 5.12. The van der Waals surface area contributed by atoms with Gasteiger partial charge in [0.15, 0.2) is 0 Å². The van der Waals surface area contributed by atoms with E-state index in [0.29, 0.717) is 12.1 Å². The van der Waals surface area contributed by atoms with Gasteiger partial charge in [-0.05, 0) is 40.8 Å². The van der Waals surface area contributed by atoms with Crippen LogP contribution in [0.2, 0.25) is 0 Å². The van der Waals surface area contributed by atoms with Crippen molar-refractivity contribution in [2.45, 2.75) is 39.8 Å². The molecule has 1 heterocycles. The van der Waals surface area contributed by atoms with Gasteiger partial charge >= 0.3 is 0 Å². The van der Waals surface area contributed by atoms with E-state index in [4.69, 9.17) is 0 Å². The van der Waals surface area contributed by atoms with Gasteiger partial charge in [0, 0.05) is 17.8 Å². The van der Waals surface area contributed by atoms with Gasteiger partial charge in [-0.1, -0.05) is 0 Å². The standard InChI is InChI=1S/C10H19N3/c1-7(2)13-8(3)6-10(12-13)9(4)11-5/h6-7,9,11H,1-5H3. The smallest absolute Gasteiger partial charge is 0.0793 e. The third kappa shape index (κ3) is 2.10. The van der Waals surface area contributed by atoms with E-state index in [1.54, 1.807) is 0 Å². The molecule has 0 spiro atoms. The molecular weight excluding hydrogens is 162 g/mol. The minimum Gasteiger partial charge on any atom is -0.312 e. The van der Waals surface area contributed by atoms with Crippen molar-refractivity contribution in [1.82, 2.24) is 15.1 Å². The van der Waals surface area contributed by atoms with Gasteiger partial charge in [0.1, 0.15) is 0 Å². The highest BCUT2D eigenvalue weighted by Crippen LogP contribution is 2.15. The summed E-state index contributed by atoms with van der Waals surface area (Å²) in [6, 6.07) is 2.91. The quantitative estimate of drug-likeness (QED) is 0.773. The monoisotopic (exact) mass is 181 g/mol. The van der Waals surface area contributed by atoms with Gasteiger partial charge in [-0.15, -0.1) is 0 Å².